The van der Waals surface area contributed by atoms with Gasteiger partial charge in [0, 0.05) is 31.5 Å². The summed E-state index contributed by atoms with van der Waals surface area (Å²) in [6.45, 7) is 0. The van der Waals surface area contributed by atoms with E-state index in [2.05, 4.69) is 193 Å². The third kappa shape index (κ3) is 4.12. The van der Waals surface area contributed by atoms with Crippen LogP contribution in [-0.4, -0.2) is 14.5 Å². The van der Waals surface area contributed by atoms with Crippen LogP contribution >= 0.6 is 11.8 Å². The minimum absolute atomic E-state index is 0.498. The number of benzene rings is 9. The van der Waals surface area contributed by atoms with Crippen molar-refractivity contribution in [2.75, 3.05) is 0 Å². The zero-order valence-electron chi connectivity index (χ0n) is 30.6. The van der Waals surface area contributed by atoms with E-state index in [0.29, 0.717) is 5.95 Å². The lowest BCUT2D eigenvalue weighted by atomic mass is 9.67. The van der Waals surface area contributed by atoms with Crippen molar-refractivity contribution >= 4 is 66.0 Å². The standard InChI is InChI=1S/C53H31N3S/c1-2-15-34-31-35(26-25-32(34)13-1)49-39-19-7-11-23-45(39)54-52(55-49)56-46-30-27-33-14-3-4-16-36(33)48(46)40-28-29-44-51(50(40)56)57-47-24-12-10-22-43(47)53(44)41-20-8-5-17-37(41)38-18-6-9-21-42(38)53/h1-31H. The summed E-state index contributed by atoms with van der Waals surface area (Å²) in [7, 11) is 0. The molecule has 3 nitrogen and oxygen atoms in total. The number of rotatable bonds is 2. The Balaban J connectivity index is 1.20. The molecule has 2 aliphatic rings. The van der Waals surface area contributed by atoms with Crippen LogP contribution in [0, 0.1) is 0 Å². The van der Waals surface area contributed by atoms with Crippen molar-refractivity contribution in [3.05, 3.63) is 210 Å². The molecule has 0 radical (unpaired) electrons. The van der Waals surface area contributed by atoms with Crippen LogP contribution in [-0.2, 0) is 5.41 Å². The van der Waals surface area contributed by atoms with Crippen molar-refractivity contribution in [2.45, 2.75) is 15.2 Å². The van der Waals surface area contributed by atoms with Crippen molar-refractivity contribution in [1.29, 1.82) is 0 Å². The fraction of sp³-hybridized carbons (Fsp3) is 0.0189. The molecule has 0 bridgehead atoms. The predicted octanol–water partition coefficient (Wildman–Crippen LogP) is 13.5. The lowest BCUT2D eigenvalue weighted by Gasteiger charge is -2.40. The van der Waals surface area contributed by atoms with Crippen molar-refractivity contribution in [3.63, 3.8) is 0 Å². The van der Waals surface area contributed by atoms with Gasteiger partial charge in [0.25, 0.3) is 0 Å². The maximum Gasteiger partial charge on any atom is 0.235 e. The van der Waals surface area contributed by atoms with E-state index in [-0.39, 0.29) is 0 Å². The lowest BCUT2D eigenvalue weighted by molar-refractivity contribution is 0.724. The van der Waals surface area contributed by atoms with Crippen LogP contribution in [0.25, 0.3) is 82.6 Å². The Kier molecular flexibility index (Phi) is 6.31. The third-order valence-corrected chi connectivity index (χ3v) is 13.6. The lowest BCUT2D eigenvalue weighted by Crippen LogP contribution is -2.32. The maximum absolute atomic E-state index is 5.60. The Morgan fingerprint density at radius 2 is 1.11 bits per heavy atom. The zero-order valence-corrected chi connectivity index (χ0v) is 31.5. The Morgan fingerprint density at radius 1 is 0.456 bits per heavy atom. The van der Waals surface area contributed by atoms with Gasteiger partial charge in [0.15, 0.2) is 0 Å². The number of fused-ring (bicyclic) bond motifs is 17. The van der Waals surface area contributed by atoms with Crippen LogP contribution in [0.2, 0.25) is 0 Å². The zero-order chi connectivity index (χ0) is 37.2. The Bertz CT molecular complexity index is 3480. The van der Waals surface area contributed by atoms with Crippen LogP contribution in [0.3, 0.4) is 0 Å². The molecule has 0 unspecified atom stereocenters. The second-order valence-electron chi connectivity index (χ2n) is 15.2. The van der Waals surface area contributed by atoms with E-state index in [1.165, 1.54) is 75.5 Å². The highest BCUT2D eigenvalue weighted by molar-refractivity contribution is 7.99. The van der Waals surface area contributed by atoms with Gasteiger partial charge in [-0.15, -0.1) is 0 Å². The van der Waals surface area contributed by atoms with Crippen molar-refractivity contribution in [2.24, 2.45) is 0 Å². The Morgan fingerprint density at radius 3 is 1.93 bits per heavy atom. The van der Waals surface area contributed by atoms with Gasteiger partial charge in [0.1, 0.15) is 0 Å². The maximum atomic E-state index is 5.60. The first kappa shape index (κ1) is 31.2. The number of para-hydroxylation sites is 1. The molecular formula is C53H31N3S. The molecule has 13 rings (SSSR count). The summed E-state index contributed by atoms with van der Waals surface area (Å²) in [5.41, 5.74) is 12.5. The summed E-state index contributed by atoms with van der Waals surface area (Å²) in [6.07, 6.45) is 0. The summed E-state index contributed by atoms with van der Waals surface area (Å²) in [4.78, 5) is 13.5. The first-order chi connectivity index (χ1) is 28.3. The number of aromatic nitrogens is 3. The highest BCUT2D eigenvalue weighted by Crippen LogP contribution is 2.63. The van der Waals surface area contributed by atoms with E-state index in [1.807, 2.05) is 11.8 Å². The van der Waals surface area contributed by atoms with Gasteiger partial charge in [-0.1, -0.05) is 176 Å². The smallest absolute Gasteiger partial charge is 0.235 e. The van der Waals surface area contributed by atoms with E-state index >= 15 is 0 Å². The molecule has 0 N–H and O–H groups in total. The number of hydrogen-bond acceptors (Lipinski definition) is 3. The summed E-state index contributed by atoms with van der Waals surface area (Å²) in [5, 5.41) is 8.29. The molecule has 2 aromatic heterocycles. The molecule has 264 valence electrons. The Labute approximate surface area is 332 Å². The molecule has 11 aromatic rings. The molecule has 57 heavy (non-hydrogen) atoms. The second kappa shape index (κ2) is 11.5. The molecule has 4 heteroatoms. The van der Waals surface area contributed by atoms with E-state index in [0.717, 1.165) is 33.2 Å². The van der Waals surface area contributed by atoms with Crippen molar-refractivity contribution in [3.8, 4) is 28.3 Å². The molecular weight excluding hydrogens is 711 g/mol. The van der Waals surface area contributed by atoms with Crippen LogP contribution in [0.15, 0.2) is 198 Å². The fourth-order valence-electron chi connectivity index (χ4n) is 10.1. The molecule has 1 aliphatic heterocycles. The van der Waals surface area contributed by atoms with Gasteiger partial charge in [-0.05, 0) is 79.2 Å². The third-order valence-electron chi connectivity index (χ3n) is 12.4. The van der Waals surface area contributed by atoms with Crippen LogP contribution < -0.4 is 0 Å². The minimum Gasteiger partial charge on any atom is -0.277 e. The molecule has 0 saturated heterocycles. The van der Waals surface area contributed by atoms with E-state index in [1.54, 1.807) is 0 Å². The van der Waals surface area contributed by atoms with E-state index in [9.17, 15) is 0 Å². The van der Waals surface area contributed by atoms with Gasteiger partial charge < -0.3 is 0 Å². The van der Waals surface area contributed by atoms with E-state index in [4.69, 9.17) is 9.97 Å². The molecule has 0 saturated carbocycles. The molecule has 0 atom stereocenters. The molecule has 1 spiro atoms. The van der Waals surface area contributed by atoms with Gasteiger partial charge in [-0.3, -0.25) is 4.57 Å². The average molecular weight is 742 g/mol. The average Bonchev–Trinajstić information content (AvgIpc) is 3.78. The van der Waals surface area contributed by atoms with Crippen LogP contribution in [0.4, 0.5) is 0 Å². The normalized spacial score (nSPS) is 13.7. The van der Waals surface area contributed by atoms with Gasteiger partial charge in [0.05, 0.1) is 27.7 Å². The highest BCUT2D eigenvalue weighted by atomic mass is 32.2. The highest BCUT2D eigenvalue weighted by Gasteiger charge is 2.50. The molecule has 0 amide bonds. The van der Waals surface area contributed by atoms with Crippen molar-refractivity contribution in [1.82, 2.24) is 14.5 Å². The van der Waals surface area contributed by atoms with Gasteiger partial charge in [-0.25, -0.2) is 9.97 Å². The van der Waals surface area contributed by atoms with Gasteiger partial charge in [-0.2, -0.15) is 0 Å². The topological polar surface area (TPSA) is 30.7 Å². The molecule has 9 aromatic carbocycles. The second-order valence-corrected chi connectivity index (χ2v) is 16.3. The predicted molar refractivity (Wildman–Crippen MR) is 236 cm³/mol. The quantitative estimate of drug-likeness (QED) is 0.177. The number of nitrogens with zero attached hydrogens (tertiary/aromatic N) is 3. The van der Waals surface area contributed by atoms with Crippen LogP contribution in [0.1, 0.15) is 22.3 Å². The summed E-state index contributed by atoms with van der Waals surface area (Å²) >= 11 is 1.88. The fourth-order valence-corrected chi connectivity index (χ4v) is 11.4. The number of hydrogen-bond donors (Lipinski definition) is 0. The largest absolute Gasteiger partial charge is 0.277 e. The molecule has 1 aliphatic carbocycles. The minimum atomic E-state index is -0.498. The first-order valence-electron chi connectivity index (χ1n) is 19.5. The summed E-state index contributed by atoms with van der Waals surface area (Å²) < 4.78 is 2.37. The Hall–Kier alpha value is -7.01. The monoisotopic (exact) mass is 741 g/mol. The summed E-state index contributed by atoms with van der Waals surface area (Å²) in [5.74, 6) is 0.668. The van der Waals surface area contributed by atoms with E-state index < -0.39 is 5.41 Å². The summed E-state index contributed by atoms with van der Waals surface area (Å²) in [6, 6.07) is 68.8. The first-order valence-corrected chi connectivity index (χ1v) is 20.3. The van der Waals surface area contributed by atoms with Crippen molar-refractivity contribution < 1.29 is 0 Å². The van der Waals surface area contributed by atoms with Gasteiger partial charge in [0.2, 0.25) is 5.95 Å². The SMILES string of the molecule is c1ccc2c(c1)Sc1c(ccc3c4c5ccccc5ccc4n(-c4nc(-c5ccc6ccccc6c5)c5ccccc5n4)c13)C21c2ccccc2-c2ccccc21. The van der Waals surface area contributed by atoms with Crippen LogP contribution in [0.5, 0.6) is 0 Å². The molecule has 3 heterocycles. The molecule has 0 fully saturated rings. The van der Waals surface area contributed by atoms with Gasteiger partial charge >= 0.3 is 0 Å².